The summed E-state index contributed by atoms with van der Waals surface area (Å²) in [7, 11) is 0. The minimum Gasteiger partial charge on any atom is -0.490 e. The number of nitro groups is 1. The second-order valence-corrected chi connectivity index (χ2v) is 7.19. The third kappa shape index (κ3) is 4.85. The van der Waals surface area contributed by atoms with Crippen molar-refractivity contribution in [3.05, 3.63) is 109 Å². The smallest absolute Gasteiger partial charge is 0.349 e. The van der Waals surface area contributed by atoms with Gasteiger partial charge >= 0.3 is 5.69 Å². The van der Waals surface area contributed by atoms with Crippen molar-refractivity contribution < 1.29 is 14.4 Å². The topological polar surface area (TPSA) is 129 Å². The summed E-state index contributed by atoms with van der Waals surface area (Å²) in [5.41, 5.74) is 0.625. The zero-order valence-electron chi connectivity index (χ0n) is 18.1. The fraction of sp³-hybridized carbons (Fsp3) is 0.125. The number of hydrogen-bond donors (Lipinski definition) is 1. The van der Waals surface area contributed by atoms with Crippen molar-refractivity contribution in [2.45, 2.75) is 13.5 Å². The standard InChI is InChI=1S/C24H20N4O6/c1-2-33-22-13-17(9-12-21(22)34-15-16-7-10-18(11-8-16)28(31)32)14-25-27-23(29)19-5-3-4-6-20(19)26-24(27)30/h3-14H,2,15H2,1H3,(H,26,30). The van der Waals surface area contributed by atoms with Crippen LogP contribution in [-0.4, -0.2) is 27.4 Å². The Morgan fingerprint density at radius 1 is 1.03 bits per heavy atom. The van der Waals surface area contributed by atoms with Gasteiger partial charge in [-0.05, 0) is 60.5 Å². The summed E-state index contributed by atoms with van der Waals surface area (Å²) in [5, 5.41) is 15.2. The van der Waals surface area contributed by atoms with E-state index >= 15 is 0 Å². The van der Waals surface area contributed by atoms with E-state index in [2.05, 4.69) is 10.1 Å². The molecule has 1 heterocycles. The molecule has 172 valence electrons. The summed E-state index contributed by atoms with van der Waals surface area (Å²) in [6, 6.07) is 17.8. The molecule has 0 aliphatic carbocycles. The zero-order valence-corrected chi connectivity index (χ0v) is 18.1. The van der Waals surface area contributed by atoms with E-state index in [1.165, 1.54) is 18.3 Å². The van der Waals surface area contributed by atoms with Gasteiger partial charge in [-0.3, -0.25) is 14.9 Å². The molecule has 10 nitrogen and oxygen atoms in total. The third-order valence-corrected chi connectivity index (χ3v) is 4.92. The first-order valence-corrected chi connectivity index (χ1v) is 10.4. The molecule has 3 aromatic carbocycles. The molecule has 0 radical (unpaired) electrons. The fourth-order valence-corrected chi connectivity index (χ4v) is 3.25. The predicted molar refractivity (Wildman–Crippen MR) is 127 cm³/mol. The zero-order chi connectivity index (χ0) is 24.1. The number of benzene rings is 3. The normalized spacial score (nSPS) is 11.1. The Morgan fingerprint density at radius 3 is 2.53 bits per heavy atom. The van der Waals surface area contributed by atoms with Crippen LogP contribution in [0.1, 0.15) is 18.1 Å². The lowest BCUT2D eigenvalue weighted by molar-refractivity contribution is -0.384. The largest absolute Gasteiger partial charge is 0.490 e. The number of hydrogen-bond acceptors (Lipinski definition) is 7. The lowest BCUT2D eigenvalue weighted by atomic mass is 10.2. The average molecular weight is 460 g/mol. The molecule has 0 atom stereocenters. The predicted octanol–water partition coefficient (Wildman–Crippen LogP) is 3.46. The molecule has 0 aliphatic rings. The Kier molecular flexibility index (Phi) is 6.49. The number of ether oxygens (including phenoxy) is 2. The van der Waals surface area contributed by atoms with Gasteiger partial charge in [0, 0.05) is 12.1 Å². The quantitative estimate of drug-likeness (QED) is 0.244. The Bertz CT molecular complexity index is 1490. The van der Waals surface area contributed by atoms with E-state index in [0.29, 0.717) is 34.6 Å². The van der Waals surface area contributed by atoms with Crippen molar-refractivity contribution in [3.8, 4) is 11.5 Å². The third-order valence-electron chi connectivity index (χ3n) is 4.92. The number of H-pyrrole nitrogens is 1. The molecule has 4 rings (SSSR count). The van der Waals surface area contributed by atoms with Crippen molar-refractivity contribution in [1.82, 2.24) is 9.66 Å². The number of nitro benzene ring substituents is 1. The molecule has 0 unspecified atom stereocenters. The molecule has 10 heteroatoms. The summed E-state index contributed by atoms with van der Waals surface area (Å²) < 4.78 is 12.3. The molecule has 0 aliphatic heterocycles. The number of rotatable bonds is 8. The number of non-ortho nitro benzene ring substituents is 1. The van der Waals surface area contributed by atoms with Crippen LogP contribution in [0.2, 0.25) is 0 Å². The van der Waals surface area contributed by atoms with Crippen molar-refractivity contribution in [1.29, 1.82) is 0 Å². The average Bonchev–Trinajstić information content (AvgIpc) is 2.84. The minimum absolute atomic E-state index is 0.00625. The van der Waals surface area contributed by atoms with Crippen LogP contribution in [0.4, 0.5) is 5.69 Å². The second-order valence-electron chi connectivity index (χ2n) is 7.19. The highest BCUT2D eigenvalue weighted by atomic mass is 16.6. The summed E-state index contributed by atoms with van der Waals surface area (Å²) in [5.74, 6) is 0.922. The van der Waals surface area contributed by atoms with Crippen LogP contribution in [0.5, 0.6) is 11.5 Å². The van der Waals surface area contributed by atoms with Gasteiger partial charge in [-0.15, -0.1) is 4.68 Å². The number of aromatic amines is 1. The summed E-state index contributed by atoms with van der Waals surface area (Å²) in [6.07, 6.45) is 1.38. The van der Waals surface area contributed by atoms with Crippen LogP contribution in [0.3, 0.4) is 0 Å². The van der Waals surface area contributed by atoms with Crippen molar-refractivity contribution in [3.63, 3.8) is 0 Å². The Hall–Kier alpha value is -4.73. The summed E-state index contributed by atoms with van der Waals surface area (Å²) >= 11 is 0. The van der Waals surface area contributed by atoms with Crippen molar-refractivity contribution >= 4 is 22.8 Å². The summed E-state index contributed by atoms with van der Waals surface area (Å²) in [4.78, 5) is 37.9. The fourth-order valence-electron chi connectivity index (χ4n) is 3.25. The van der Waals surface area contributed by atoms with E-state index in [4.69, 9.17) is 9.47 Å². The molecule has 1 N–H and O–H groups in total. The van der Waals surface area contributed by atoms with Gasteiger partial charge in [-0.2, -0.15) is 5.10 Å². The Labute approximate surface area is 192 Å². The van der Waals surface area contributed by atoms with Crippen molar-refractivity contribution in [2.75, 3.05) is 6.61 Å². The lowest BCUT2D eigenvalue weighted by Crippen LogP contribution is -2.32. The molecule has 34 heavy (non-hydrogen) atoms. The maximum absolute atomic E-state index is 12.6. The van der Waals surface area contributed by atoms with Gasteiger partial charge in [0.2, 0.25) is 0 Å². The van der Waals surface area contributed by atoms with Gasteiger partial charge in [-0.1, -0.05) is 12.1 Å². The van der Waals surface area contributed by atoms with Gasteiger partial charge in [-0.25, -0.2) is 4.79 Å². The molecule has 0 saturated heterocycles. The second kappa shape index (κ2) is 9.82. The van der Waals surface area contributed by atoms with Gasteiger partial charge in [0.15, 0.2) is 11.5 Å². The lowest BCUT2D eigenvalue weighted by Gasteiger charge is -2.12. The van der Waals surface area contributed by atoms with Crippen LogP contribution in [0.15, 0.2) is 81.4 Å². The Morgan fingerprint density at radius 2 is 1.79 bits per heavy atom. The highest BCUT2D eigenvalue weighted by Gasteiger charge is 2.09. The first-order valence-electron chi connectivity index (χ1n) is 10.4. The van der Waals surface area contributed by atoms with Gasteiger partial charge in [0.25, 0.3) is 11.2 Å². The molecule has 0 fully saturated rings. The van der Waals surface area contributed by atoms with Crippen LogP contribution in [0.25, 0.3) is 10.9 Å². The van der Waals surface area contributed by atoms with E-state index < -0.39 is 16.2 Å². The minimum atomic E-state index is -0.645. The monoisotopic (exact) mass is 460 g/mol. The molecule has 0 spiro atoms. The van der Waals surface area contributed by atoms with E-state index in [1.807, 2.05) is 6.92 Å². The molecule has 0 amide bonds. The molecule has 4 aromatic rings. The number of para-hydroxylation sites is 1. The van der Waals surface area contributed by atoms with Crippen molar-refractivity contribution in [2.24, 2.45) is 5.10 Å². The van der Waals surface area contributed by atoms with E-state index in [-0.39, 0.29) is 12.3 Å². The summed E-state index contributed by atoms with van der Waals surface area (Å²) in [6.45, 7) is 2.40. The molecule has 0 saturated carbocycles. The Balaban J connectivity index is 1.56. The molecular formula is C24H20N4O6. The number of nitrogens with zero attached hydrogens (tertiary/aromatic N) is 3. The molecular weight excluding hydrogens is 440 g/mol. The van der Waals surface area contributed by atoms with Crippen LogP contribution >= 0.6 is 0 Å². The van der Waals surface area contributed by atoms with E-state index in [9.17, 15) is 19.7 Å². The maximum Gasteiger partial charge on any atom is 0.349 e. The number of aromatic nitrogens is 2. The van der Waals surface area contributed by atoms with Gasteiger partial charge in [0.1, 0.15) is 6.61 Å². The molecule has 1 aromatic heterocycles. The van der Waals surface area contributed by atoms with Crippen LogP contribution in [-0.2, 0) is 6.61 Å². The first kappa shape index (κ1) is 22.5. The van der Waals surface area contributed by atoms with Crippen LogP contribution in [0, 0.1) is 10.1 Å². The SMILES string of the molecule is CCOc1cc(C=Nn2c(=O)[nH]c3ccccc3c2=O)ccc1OCc1ccc([N+](=O)[O-])cc1. The number of nitrogens with one attached hydrogen (secondary N) is 1. The first-order chi connectivity index (χ1) is 16.5. The highest BCUT2D eigenvalue weighted by Crippen LogP contribution is 2.29. The van der Waals surface area contributed by atoms with Gasteiger partial charge < -0.3 is 14.5 Å². The maximum atomic E-state index is 12.6. The van der Waals surface area contributed by atoms with E-state index in [1.54, 1.807) is 54.6 Å². The van der Waals surface area contributed by atoms with E-state index in [0.717, 1.165) is 10.2 Å². The molecule has 0 bridgehead atoms. The number of fused-ring (bicyclic) bond motifs is 1. The van der Waals surface area contributed by atoms with Gasteiger partial charge in [0.05, 0.1) is 28.6 Å². The highest BCUT2D eigenvalue weighted by molar-refractivity contribution is 5.81. The van der Waals surface area contributed by atoms with Crippen LogP contribution < -0.4 is 20.7 Å².